The Bertz CT molecular complexity index is 746. The summed E-state index contributed by atoms with van der Waals surface area (Å²) < 4.78 is 5.76. The van der Waals surface area contributed by atoms with Gasteiger partial charge in [0.1, 0.15) is 5.52 Å². The van der Waals surface area contributed by atoms with Crippen LogP contribution in [0.1, 0.15) is 57.3 Å². The van der Waals surface area contributed by atoms with Crippen LogP contribution >= 0.6 is 0 Å². The Labute approximate surface area is 135 Å². The van der Waals surface area contributed by atoms with Crippen LogP contribution in [-0.4, -0.2) is 16.4 Å². The molecule has 0 aliphatic heterocycles. The van der Waals surface area contributed by atoms with E-state index in [1.807, 2.05) is 25.1 Å². The van der Waals surface area contributed by atoms with E-state index in [0.29, 0.717) is 5.92 Å². The van der Waals surface area contributed by atoms with Crippen LogP contribution in [-0.2, 0) is 4.79 Å². The molecule has 1 heterocycles. The van der Waals surface area contributed by atoms with Gasteiger partial charge < -0.3 is 15.5 Å². The van der Waals surface area contributed by atoms with Gasteiger partial charge in [-0.3, -0.25) is 4.79 Å². The van der Waals surface area contributed by atoms with Crippen molar-refractivity contribution in [3.63, 3.8) is 0 Å². The van der Waals surface area contributed by atoms with Crippen LogP contribution in [0.3, 0.4) is 0 Å². The second-order valence-electron chi connectivity index (χ2n) is 7.30. The highest BCUT2D eigenvalue weighted by Crippen LogP contribution is 2.40. The zero-order valence-electron chi connectivity index (χ0n) is 13.5. The zero-order chi connectivity index (χ0) is 16.0. The van der Waals surface area contributed by atoms with Crippen LogP contribution in [0, 0.1) is 5.92 Å². The van der Waals surface area contributed by atoms with Crippen LogP contribution in [0.25, 0.3) is 11.1 Å². The molecule has 3 N–H and O–H groups in total. The molecule has 2 aliphatic rings. The van der Waals surface area contributed by atoms with Crippen LogP contribution in [0.5, 0.6) is 0 Å². The van der Waals surface area contributed by atoms with E-state index in [1.165, 1.54) is 0 Å². The van der Waals surface area contributed by atoms with Gasteiger partial charge in [-0.15, -0.1) is 0 Å². The van der Waals surface area contributed by atoms with Crippen LogP contribution in [0.15, 0.2) is 22.6 Å². The van der Waals surface area contributed by atoms with E-state index < -0.39 is 5.54 Å². The van der Waals surface area contributed by atoms with E-state index in [1.54, 1.807) is 0 Å². The number of nitrogens with zero attached hydrogens (tertiary/aromatic N) is 1. The topological polar surface area (TPSA) is 81.2 Å². The Morgan fingerprint density at radius 3 is 2.91 bits per heavy atom. The molecule has 1 aromatic heterocycles. The predicted molar refractivity (Wildman–Crippen MR) is 89.2 cm³/mol. The molecule has 0 saturated heterocycles. The largest absolute Gasteiger partial charge is 0.440 e. The Hall–Kier alpha value is -1.88. The van der Waals surface area contributed by atoms with Gasteiger partial charge >= 0.3 is 0 Å². The summed E-state index contributed by atoms with van der Waals surface area (Å²) in [6.07, 6.45) is 6.25. The number of aromatic nitrogens is 1. The predicted octanol–water partition coefficient (Wildman–Crippen LogP) is 3.55. The van der Waals surface area contributed by atoms with Crippen LogP contribution in [0.4, 0.5) is 5.69 Å². The van der Waals surface area contributed by atoms with E-state index in [4.69, 9.17) is 10.2 Å². The van der Waals surface area contributed by atoms with Gasteiger partial charge in [-0.25, -0.2) is 4.98 Å². The fourth-order valence-electron chi connectivity index (χ4n) is 3.55. The van der Waals surface area contributed by atoms with Gasteiger partial charge in [-0.2, -0.15) is 0 Å². The molecule has 23 heavy (non-hydrogen) atoms. The number of carbonyl (C=O) groups excluding carboxylic acids is 1. The molecule has 5 nitrogen and oxygen atoms in total. The molecule has 122 valence electrons. The zero-order valence-corrected chi connectivity index (χ0v) is 13.5. The molecule has 4 rings (SSSR count). The lowest BCUT2D eigenvalue weighted by atomic mass is 9.74. The second kappa shape index (κ2) is 5.34. The molecule has 2 fully saturated rings. The van der Waals surface area contributed by atoms with Crippen LogP contribution in [0.2, 0.25) is 0 Å². The van der Waals surface area contributed by atoms with Gasteiger partial charge in [0.05, 0.1) is 5.92 Å². The van der Waals surface area contributed by atoms with Crippen molar-refractivity contribution < 1.29 is 9.21 Å². The van der Waals surface area contributed by atoms with E-state index >= 15 is 0 Å². The minimum atomic E-state index is -0.417. The van der Waals surface area contributed by atoms with Gasteiger partial charge in [-0.05, 0) is 50.8 Å². The lowest BCUT2D eigenvalue weighted by molar-refractivity contribution is -0.122. The normalized spacial score (nSPS) is 28.0. The second-order valence-corrected chi connectivity index (χ2v) is 7.30. The van der Waals surface area contributed by atoms with Crippen molar-refractivity contribution in [2.45, 2.75) is 56.9 Å². The Morgan fingerprint density at radius 2 is 2.17 bits per heavy atom. The number of oxazole rings is 1. The minimum absolute atomic E-state index is 0.0139. The SMILES string of the molecule is CC1(N)CCCCC1C(=O)Nc1ccc2oc(C3CC3)nc2c1. The van der Waals surface area contributed by atoms with Crippen molar-refractivity contribution in [2.24, 2.45) is 11.7 Å². The highest BCUT2D eigenvalue weighted by Gasteiger charge is 2.37. The molecule has 2 aliphatic carbocycles. The summed E-state index contributed by atoms with van der Waals surface area (Å²) in [6.45, 7) is 1.99. The van der Waals surface area contributed by atoms with Crippen molar-refractivity contribution in [2.75, 3.05) is 5.32 Å². The molecule has 2 atom stereocenters. The number of hydrogen-bond acceptors (Lipinski definition) is 4. The van der Waals surface area contributed by atoms with Crippen molar-refractivity contribution in [1.29, 1.82) is 0 Å². The van der Waals surface area contributed by atoms with Crippen molar-refractivity contribution >= 4 is 22.7 Å². The number of anilines is 1. The number of benzene rings is 1. The van der Waals surface area contributed by atoms with E-state index in [-0.39, 0.29) is 11.8 Å². The molecule has 2 unspecified atom stereocenters. The Balaban J connectivity index is 1.53. The molecule has 0 spiro atoms. The number of nitrogens with two attached hydrogens (primary N) is 1. The number of fused-ring (bicyclic) bond motifs is 1. The maximum absolute atomic E-state index is 12.6. The van der Waals surface area contributed by atoms with Gasteiger partial charge in [0.15, 0.2) is 11.5 Å². The third kappa shape index (κ3) is 2.85. The molecular weight excluding hydrogens is 290 g/mol. The molecule has 5 heteroatoms. The van der Waals surface area contributed by atoms with Gasteiger partial charge in [0.25, 0.3) is 0 Å². The fourth-order valence-corrected chi connectivity index (χ4v) is 3.55. The van der Waals surface area contributed by atoms with E-state index in [9.17, 15) is 4.79 Å². The molecule has 2 aromatic rings. The first kappa shape index (κ1) is 14.7. The summed E-state index contributed by atoms with van der Waals surface area (Å²) in [5.74, 6) is 1.19. The van der Waals surface area contributed by atoms with Gasteiger partial charge in [0.2, 0.25) is 5.91 Å². The summed E-state index contributed by atoms with van der Waals surface area (Å²) in [7, 11) is 0. The number of carbonyl (C=O) groups is 1. The van der Waals surface area contributed by atoms with Crippen molar-refractivity contribution in [3.8, 4) is 0 Å². The summed E-state index contributed by atoms with van der Waals surface area (Å²) in [4.78, 5) is 17.1. The maximum atomic E-state index is 12.6. The third-order valence-corrected chi connectivity index (χ3v) is 5.17. The third-order valence-electron chi connectivity index (χ3n) is 5.17. The number of rotatable bonds is 3. The monoisotopic (exact) mass is 313 g/mol. The summed E-state index contributed by atoms with van der Waals surface area (Å²) in [6, 6.07) is 5.64. The molecular formula is C18H23N3O2. The standard InChI is InChI=1S/C18H23N3O2/c1-18(19)9-3-2-4-13(18)16(22)20-12-7-8-15-14(10-12)21-17(23-15)11-5-6-11/h7-8,10-11,13H,2-6,9,19H2,1H3,(H,20,22). The highest BCUT2D eigenvalue weighted by atomic mass is 16.3. The van der Waals surface area contributed by atoms with Gasteiger partial charge in [0, 0.05) is 17.1 Å². The smallest absolute Gasteiger partial charge is 0.229 e. The average Bonchev–Trinajstić information content (AvgIpc) is 3.26. The number of nitrogens with one attached hydrogen (secondary N) is 1. The molecule has 2 saturated carbocycles. The first-order chi connectivity index (χ1) is 11.0. The first-order valence-corrected chi connectivity index (χ1v) is 8.53. The van der Waals surface area contributed by atoms with Crippen molar-refractivity contribution in [3.05, 3.63) is 24.1 Å². The summed E-state index contributed by atoms with van der Waals surface area (Å²) in [5, 5.41) is 3.01. The van der Waals surface area contributed by atoms with Gasteiger partial charge in [-0.1, -0.05) is 12.8 Å². The minimum Gasteiger partial charge on any atom is -0.440 e. The summed E-state index contributed by atoms with van der Waals surface area (Å²) in [5.41, 5.74) is 8.26. The quantitative estimate of drug-likeness (QED) is 0.908. The van der Waals surface area contributed by atoms with Crippen LogP contribution < -0.4 is 11.1 Å². The summed E-state index contributed by atoms with van der Waals surface area (Å²) >= 11 is 0. The number of hydrogen-bond donors (Lipinski definition) is 2. The lowest BCUT2D eigenvalue weighted by Crippen LogP contribution is -2.51. The lowest BCUT2D eigenvalue weighted by Gasteiger charge is -2.37. The fraction of sp³-hybridized carbons (Fsp3) is 0.556. The molecule has 1 amide bonds. The number of amides is 1. The maximum Gasteiger partial charge on any atom is 0.229 e. The molecule has 0 radical (unpaired) electrons. The average molecular weight is 313 g/mol. The highest BCUT2D eigenvalue weighted by molar-refractivity contribution is 5.95. The Morgan fingerprint density at radius 1 is 1.35 bits per heavy atom. The molecule has 0 bridgehead atoms. The first-order valence-electron chi connectivity index (χ1n) is 8.53. The van der Waals surface area contributed by atoms with Crippen molar-refractivity contribution in [1.82, 2.24) is 4.98 Å². The van der Waals surface area contributed by atoms with E-state index in [0.717, 1.165) is 61.2 Å². The Kier molecular flexibility index (Phi) is 3.41. The molecule has 1 aromatic carbocycles. The van der Waals surface area contributed by atoms with E-state index in [2.05, 4.69) is 10.3 Å².